The van der Waals surface area contributed by atoms with Crippen LogP contribution in [0, 0.1) is 11.3 Å². The Hall–Kier alpha value is -1.48. The summed E-state index contributed by atoms with van der Waals surface area (Å²) < 4.78 is 11.1. The highest BCUT2D eigenvalue weighted by atomic mass is 35.5. The van der Waals surface area contributed by atoms with Crippen molar-refractivity contribution in [2.45, 2.75) is 12.5 Å². The zero-order chi connectivity index (χ0) is 13.7. The summed E-state index contributed by atoms with van der Waals surface area (Å²) in [5.74, 6) is 1.09. The maximum atomic E-state index is 9.15. The molecule has 2 rings (SSSR count). The minimum atomic E-state index is -0.540. The van der Waals surface area contributed by atoms with Crippen molar-refractivity contribution in [3.63, 3.8) is 0 Å². The van der Waals surface area contributed by atoms with E-state index >= 15 is 0 Å². The van der Waals surface area contributed by atoms with Gasteiger partial charge in [0.05, 0.1) is 30.9 Å². The lowest BCUT2D eigenvalue weighted by atomic mass is 10.1. The van der Waals surface area contributed by atoms with Gasteiger partial charge in [0.25, 0.3) is 0 Å². The molecule has 0 fully saturated rings. The summed E-state index contributed by atoms with van der Waals surface area (Å²) in [5.41, 5.74) is 0.699. The van der Waals surface area contributed by atoms with E-state index in [1.165, 1.54) is 0 Å². The zero-order valence-corrected chi connectivity index (χ0v) is 11.1. The second kappa shape index (κ2) is 6.62. The molecule has 1 aromatic rings. The molecular formula is C13H15ClN2O3. The number of aliphatic hydroxyl groups excluding tert-OH is 1. The normalized spacial score (nSPS) is 15.4. The molecule has 0 saturated heterocycles. The first-order chi connectivity index (χ1) is 9.26. The average Bonchev–Trinajstić information content (AvgIpc) is 2.65. The third-order valence-corrected chi connectivity index (χ3v) is 3.03. The van der Waals surface area contributed by atoms with Crippen molar-refractivity contribution in [1.29, 1.82) is 5.26 Å². The van der Waals surface area contributed by atoms with Gasteiger partial charge in [-0.25, -0.2) is 0 Å². The van der Waals surface area contributed by atoms with Gasteiger partial charge >= 0.3 is 0 Å². The molecule has 1 heterocycles. The van der Waals surface area contributed by atoms with Crippen molar-refractivity contribution in [3.05, 3.63) is 22.7 Å². The lowest BCUT2D eigenvalue weighted by Crippen LogP contribution is -2.23. The number of hydrogen-bond donors (Lipinski definition) is 2. The number of halogens is 1. The fourth-order valence-electron chi connectivity index (χ4n) is 1.86. The molecule has 1 unspecified atom stereocenters. The smallest absolute Gasteiger partial charge is 0.179 e. The molecule has 0 radical (unpaired) electrons. The van der Waals surface area contributed by atoms with E-state index in [9.17, 15) is 0 Å². The lowest BCUT2D eigenvalue weighted by Gasteiger charge is -2.15. The minimum Gasteiger partial charge on any atom is -0.489 e. The first-order valence-corrected chi connectivity index (χ1v) is 6.47. The van der Waals surface area contributed by atoms with Gasteiger partial charge in [-0.2, -0.15) is 5.26 Å². The fraction of sp³-hybridized carbons (Fsp3) is 0.462. The molecule has 1 aromatic carbocycles. The van der Waals surface area contributed by atoms with Gasteiger partial charge in [0.15, 0.2) is 11.5 Å². The zero-order valence-electron chi connectivity index (χ0n) is 10.4. The molecule has 19 heavy (non-hydrogen) atoms. The molecule has 1 atom stereocenters. The molecule has 0 amide bonds. The van der Waals surface area contributed by atoms with E-state index in [1.54, 1.807) is 12.1 Å². The van der Waals surface area contributed by atoms with Crippen LogP contribution in [0.5, 0.6) is 11.5 Å². The Balaban J connectivity index is 2.29. The summed E-state index contributed by atoms with van der Waals surface area (Å²) in [5, 5.41) is 21.3. The summed E-state index contributed by atoms with van der Waals surface area (Å²) >= 11 is 6.16. The first-order valence-electron chi connectivity index (χ1n) is 6.09. The van der Waals surface area contributed by atoms with Crippen LogP contribution >= 0.6 is 11.6 Å². The van der Waals surface area contributed by atoms with E-state index in [-0.39, 0.29) is 6.61 Å². The Bertz CT molecular complexity index is 488. The molecule has 6 heteroatoms. The van der Waals surface area contributed by atoms with E-state index in [0.29, 0.717) is 41.8 Å². The molecule has 0 aliphatic carbocycles. The average molecular weight is 283 g/mol. The number of nitrogens with one attached hydrogen (secondary N) is 1. The number of nitrogens with zero attached hydrogens (tertiary/aromatic N) is 1. The Morgan fingerprint density at radius 2 is 2.21 bits per heavy atom. The highest BCUT2D eigenvalue weighted by Crippen LogP contribution is 2.39. The maximum absolute atomic E-state index is 9.15. The topological polar surface area (TPSA) is 74.5 Å². The number of fused-ring (bicyclic) bond motifs is 1. The summed E-state index contributed by atoms with van der Waals surface area (Å²) in [4.78, 5) is 0. The van der Waals surface area contributed by atoms with Gasteiger partial charge in [-0.05, 0) is 17.7 Å². The van der Waals surface area contributed by atoms with Gasteiger partial charge in [-0.3, -0.25) is 5.32 Å². The van der Waals surface area contributed by atoms with Crippen LogP contribution in [0.15, 0.2) is 12.1 Å². The number of aliphatic hydroxyl groups is 1. The number of rotatable bonds is 4. The van der Waals surface area contributed by atoms with Crippen LogP contribution in [0.2, 0.25) is 5.02 Å². The van der Waals surface area contributed by atoms with Crippen molar-refractivity contribution in [3.8, 4) is 17.6 Å². The lowest BCUT2D eigenvalue weighted by molar-refractivity contribution is 0.289. The van der Waals surface area contributed by atoms with Crippen LogP contribution < -0.4 is 14.8 Å². The molecular weight excluding hydrogens is 268 g/mol. The van der Waals surface area contributed by atoms with Gasteiger partial charge in [-0.15, -0.1) is 0 Å². The highest BCUT2D eigenvalue weighted by molar-refractivity contribution is 6.32. The Kier molecular flexibility index (Phi) is 4.86. The molecule has 102 valence electrons. The number of ether oxygens (including phenoxy) is 2. The van der Waals surface area contributed by atoms with E-state index in [0.717, 1.165) is 6.42 Å². The van der Waals surface area contributed by atoms with Crippen molar-refractivity contribution in [2.75, 3.05) is 26.4 Å². The monoisotopic (exact) mass is 282 g/mol. The van der Waals surface area contributed by atoms with Crippen LogP contribution in [-0.4, -0.2) is 31.5 Å². The minimum absolute atomic E-state index is 0.0313. The summed E-state index contributed by atoms with van der Waals surface area (Å²) in [6.45, 7) is 1.44. The SMILES string of the molecule is N#CC(NCCO)c1cc(Cl)c2c(c1)OCCCO2. The number of hydrogen-bond acceptors (Lipinski definition) is 5. The number of nitriles is 1. The van der Waals surface area contributed by atoms with Crippen LogP contribution in [0.4, 0.5) is 0 Å². The standard InChI is InChI=1S/C13H15ClN2O3/c14-10-6-9(11(8-15)16-2-3-17)7-12-13(10)19-5-1-4-18-12/h6-7,11,16-17H,1-5H2. The highest BCUT2D eigenvalue weighted by Gasteiger charge is 2.19. The predicted octanol–water partition coefficient (Wildman–Crippen LogP) is 1.65. The molecule has 0 saturated carbocycles. The van der Waals surface area contributed by atoms with Gasteiger partial charge < -0.3 is 14.6 Å². The summed E-state index contributed by atoms with van der Waals surface area (Å²) in [7, 11) is 0. The third-order valence-electron chi connectivity index (χ3n) is 2.75. The van der Waals surface area contributed by atoms with Crippen LogP contribution in [0.25, 0.3) is 0 Å². The van der Waals surface area contributed by atoms with Crippen LogP contribution in [0.1, 0.15) is 18.0 Å². The summed E-state index contributed by atoms with van der Waals surface area (Å²) in [6.07, 6.45) is 0.796. The largest absolute Gasteiger partial charge is 0.489 e. The van der Waals surface area contributed by atoms with Crippen molar-refractivity contribution < 1.29 is 14.6 Å². The van der Waals surface area contributed by atoms with Crippen LogP contribution in [0.3, 0.4) is 0 Å². The van der Waals surface area contributed by atoms with E-state index in [2.05, 4.69) is 11.4 Å². The maximum Gasteiger partial charge on any atom is 0.179 e. The van der Waals surface area contributed by atoms with Gasteiger partial charge in [0, 0.05) is 13.0 Å². The number of benzene rings is 1. The quantitative estimate of drug-likeness (QED) is 0.878. The molecule has 0 bridgehead atoms. The third kappa shape index (κ3) is 3.29. The van der Waals surface area contributed by atoms with Gasteiger partial charge in [0.2, 0.25) is 0 Å². The van der Waals surface area contributed by atoms with E-state index < -0.39 is 6.04 Å². The van der Waals surface area contributed by atoms with Crippen molar-refractivity contribution in [1.82, 2.24) is 5.32 Å². The Morgan fingerprint density at radius 1 is 1.42 bits per heavy atom. The van der Waals surface area contributed by atoms with Crippen LogP contribution in [-0.2, 0) is 0 Å². The molecule has 0 spiro atoms. The van der Waals surface area contributed by atoms with Crippen molar-refractivity contribution in [2.24, 2.45) is 0 Å². The second-order valence-electron chi connectivity index (χ2n) is 4.12. The first kappa shape index (κ1) is 13.9. The van der Waals surface area contributed by atoms with E-state index in [1.807, 2.05) is 0 Å². The second-order valence-corrected chi connectivity index (χ2v) is 4.53. The molecule has 5 nitrogen and oxygen atoms in total. The molecule has 0 aromatic heterocycles. The van der Waals surface area contributed by atoms with E-state index in [4.69, 9.17) is 31.4 Å². The fourth-order valence-corrected chi connectivity index (χ4v) is 2.14. The molecule has 1 aliphatic rings. The van der Waals surface area contributed by atoms with Crippen molar-refractivity contribution >= 4 is 11.6 Å². The predicted molar refractivity (Wildman–Crippen MR) is 70.5 cm³/mol. The van der Waals surface area contributed by atoms with Gasteiger partial charge in [-0.1, -0.05) is 11.6 Å². The molecule has 2 N–H and O–H groups in total. The molecule has 1 aliphatic heterocycles. The van der Waals surface area contributed by atoms with Gasteiger partial charge in [0.1, 0.15) is 6.04 Å². The summed E-state index contributed by atoms with van der Waals surface area (Å²) in [6, 6.07) is 5.03. The Labute approximate surface area is 116 Å². The Morgan fingerprint density at radius 3 is 2.95 bits per heavy atom.